The van der Waals surface area contributed by atoms with Crippen LogP contribution in [0, 0.1) is 0 Å². The molecule has 1 spiro atoms. The average Bonchev–Trinajstić information content (AvgIpc) is 3.41. The number of nitrogens with zero attached hydrogens (tertiary/aromatic N) is 3. The van der Waals surface area contributed by atoms with Gasteiger partial charge in [-0.1, -0.05) is 0 Å². The van der Waals surface area contributed by atoms with Gasteiger partial charge in [0.05, 0.1) is 49.5 Å². The fourth-order valence-electron chi connectivity index (χ4n) is 5.70. The van der Waals surface area contributed by atoms with Gasteiger partial charge in [-0.05, 0) is 25.3 Å². The largest absolute Gasteiger partial charge is 0.485 e. The Bertz CT molecular complexity index is 1340. The predicted octanol–water partition coefficient (Wildman–Crippen LogP) is 3.75. The van der Waals surface area contributed by atoms with E-state index in [1.165, 1.54) is 13.3 Å². The first kappa shape index (κ1) is 22.2. The van der Waals surface area contributed by atoms with Crippen molar-refractivity contribution in [2.24, 2.45) is 0 Å². The predicted molar refractivity (Wildman–Crippen MR) is 132 cm³/mol. The molecule has 1 amide bonds. The molecule has 1 aliphatic carbocycles. The van der Waals surface area contributed by atoms with Crippen LogP contribution in [-0.4, -0.2) is 59.6 Å². The summed E-state index contributed by atoms with van der Waals surface area (Å²) in [6.45, 7) is 4.48. The van der Waals surface area contributed by atoms with Crippen LogP contribution in [0.4, 0.5) is 5.82 Å². The summed E-state index contributed by atoms with van der Waals surface area (Å²) in [6, 6.07) is 4.48. The van der Waals surface area contributed by atoms with E-state index in [1.807, 2.05) is 12.3 Å². The van der Waals surface area contributed by atoms with Crippen LogP contribution in [0.5, 0.6) is 5.75 Å². The minimum Gasteiger partial charge on any atom is -0.485 e. The summed E-state index contributed by atoms with van der Waals surface area (Å²) in [4.78, 5) is 21.5. The van der Waals surface area contributed by atoms with Crippen molar-refractivity contribution in [1.29, 1.82) is 0 Å². The Morgan fingerprint density at radius 2 is 2.11 bits per heavy atom. The highest BCUT2D eigenvalue weighted by Gasteiger charge is 2.45. The number of rotatable bonds is 5. The smallest absolute Gasteiger partial charge is 0.222 e. The number of amides is 1. The second kappa shape index (κ2) is 8.54. The van der Waals surface area contributed by atoms with Crippen molar-refractivity contribution in [3.63, 3.8) is 0 Å². The van der Waals surface area contributed by atoms with Gasteiger partial charge in [-0.25, -0.2) is 9.97 Å². The fraction of sp³-hybridized carbons (Fsp3) is 0.519. The molecule has 7 rings (SSSR count). The van der Waals surface area contributed by atoms with Crippen LogP contribution in [0.2, 0.25) is 0 Å². The maximum absolute atomic E-state index is 11.7. The van der Waals surface area contributed by atoms with Crippen LogP contribution in [0.25, 0.3) is 22.2 Å². The van der Waals surface area contributed by atoms with Crippen LogP contribution >= 0.6 is 0 Å². The molecular weight excluding hydrogens is 460 g/mol. The lowest BCUT2D eigenvalue weighted by Gasteiger charge is -2.36. The average molecular weight is 491 g/mol. The highest BCUT2D eigenvalue weighted by Crippen LogP contribution is 2.45. The molecule has 3 aliphatic heterocycles. The molecule has 6 heterocycles. The molecule has 1 atom stereocenters. The summed E-state index contributed by atoms with van der Waals surface area (Å²) in [5.74, 6) is 1.25. The lowest BCUT2D eigenvalue weighted by Crippen LogP contribution is -2.40. The van der Waals surface area contributed by atoms with Crippen LogP contribution in [0.3, 0.4) is 0 Å². The molecule has 3 aromatic heterocycles. The Balaban J connectivity index is 1.42. The van der Waals surface area contributed by atoms with Crippen molar-refractivity contribution in [3.05, 3.63) is 35.8 Å². The van der Waals surface area contributed by atoms with Gasteiger partial charge in [0.25, 0.3) is 0 Å². The molecule has 3 aromatic rings. The van der Waals surface area contributed by atoms with E-state index in [1.54, 1.807) is 0 Å². The van der Waals surface area contributed by atoms with E-state index >= 15 is 0 Å². The van der Waals surface area contributed by atoms with Gasteiger partial charge in [0.15, 0.2) is 0 Å². The maximum Gasteiger partial charge on any atom is 0.222 e. The molecule has 9 heteroatoms. The summed E-state index contributed by atoms with van der Waals surface area (Å²) in [6.07, 6.45) is 9.18. The second-order valence-corrected chi connectivity index (χ2v) is 10.3. The summed E-state index contributed by atoms with van der Waals surface area (Å²) in [5.41, 5.74) is 4.40. The molecule has 36 heavy (non-hydrogen) atoms. The zero-order valence-electron chi connectivity index (χ0n) is 20.4. The maximum atomic E-state index is 11.7. The van der Waals surface area contributed by atoms with E-state index in [2.05, 4.69) is 27.1 Å². The van der Waals surface area contributed by atoms with Crippen molar-refractivity contribution in [2.45, 2.75) is 56.8 Å². The molecule has 9 nitrogen and oxygen atoms in total. The molecule has 1 unspecified atom stereocenters. The van der Waals surface area contributed by atoms with Crippen molar-refractivity contribution >= 4 is 22.6 Å². The van der Waals surface area contributed by atoms with Crippen LogP contribution in [-0.2, 0) is 31.0 Å². The lowest BCUT2D eigenvalue weighted by atomic mass is 9.89. The number of carbonyl (C=O) groups is 1. The van der Waals surface area contributed by atoms with Crippen molar-refractivity contribution in [3.8, 4) is 17.0 Å². The fourth-order valence-corrected chi connectivity index (χ4v) is 5.70. The Kier molecular flexibility index (Phi) is 5.27. The normalized spacial score (nSPS) is 23.9. The van der Waals surface area contributed by atoms with E-state index in [0.29, 0.717) is 44.9 Å². The lowest BCUT2D eigenvalue weighted by molar-refractivity contribution is -0.114. The first-order chi connectivity index (χ1) is 17.6. The summed E-state index contributed by atoms with van der Waals surface area (Å²) < 4.78 is 26.3. The van der Waals surface area contributed by atoms with E-state index in [4.69, 9.17) is 23.9 Å². The molecule has 4 aliphatic rings. The van der Waals surface area contributed by atoms with Crippen LogP contribution in [0.1, 0.15) is 49.9 Å². The van der Waals surface area contributed by atoms with Gasteiger partial charge in [-0.2, -0.15) is 0 Å². The van der Waals surface area contributed by atoms with Gasteiger partial charge in [-0.15, -0.1) is 0 Å². The van der Waals surface area contributed by atoms with E-state index < -0.39 is 5.60 Å². The van der Waals surface area contributed by atoms with Crippen LogP contribution < -0.4 is 10.1 Å². The van der Waals surface area contributed by atoms with Crippen molar-refractivity contribution in [1.82, 2.24) is 14.5 Å². The highest BCUT2D eigenvalue weighted by molar-refractivity contribution is 5.98. The van der Waals surface area contributed by atoms with Gasteiger partial charge in [0, 0.05) is 61.2 Å². The minimum absolute atomic E-state index is 0.0508. The molecule has 0 aromatic carbocycles. The molecular formula is C27H30N4O5. The number of pyridine rings is 2. The molecule has 0 bridgehead atoms. The number of fused-ring (bicyclic) bond motifs is 3. The Labute approximate surface area is 209 Å². The van der Waals surface area contributed by atoms with Crippen molar-refractivity contribution < 1.29 is 23.7 Å². The van der Waals surface area contributed by atoms with Crippen LogP contribution in [0.15, 0.2) is 24.5 Å². The zero-order chi connectivity index (χ0) is 24.3. The first-order valence-corrected chi connectivity index (χ1v) is 12.9. The third kappa shape index (κ3) is 3.60. The number of carbonyl (C=O) groups excluding carboxylic acids is 1. The topological polar surface area (TPSA) is 96.7 Å². The number of anilines is 1. The molecule has 0 radical (unpaired) electrons. The molecule has 3 fully saturated rings. The highest BCUT2D eigenvalue weighted by atomic mass is 16.6. The summed E-state index contributed by atoms with van der Waals surface area (Å²) >= 11 is 0. The van der Waals surface area contributed by atoms with Gasteiger partial charge in [0.1, 0.15) is 23.3 Å². The number of hydrogen-bond donors (Lipinski definition) is 1. The van der Waals surface area contributed by atoms with Crippen molar-refractivity contribution in [2.75, 3.05) is 38.4 Å². The standard InChI is InChI=1S/C27H30N4O5/c1-16(32)29-25-9-20-21(12-31(17-3-2-4-17)23(20)11-28-25)22-10-24(36-18-13-34-14-18)19-5-7-35-27(26(19)30-22)6-8-33-15-27/h9-12,17-18H,2-8,13-15H2,1H3,(H,28,29,32). The van der Waals surface area contributed by atoms with E-state index in [0.717, 1.165) is 64.9 Å². The van der Waals surface area contributed by atoms with E-state index in [-0.39, 0.29) is 12.0 Å². The first-order valence-electron chi connectivity index (χ1n) is 12.9. The Morgan fingerprint density at radius 3 is 2.81 bits per heavy atom. The molecule has 1 saturated carbocycles. The number of ether oxygens (including phenoxy) is 4. The van der Waals surface area contributed by atoms with Gasteiger partial charge < -0.3 is 28.8 Å². The Hall–Kier alpha value is -3.01. The van der Waals surface area contributed by atoms with Gasteiger partial charge >= 0.3 is 0 Å². The number of aromatic nitrogens is 3. The quantitative estimate of drug-likeness (QED) is 0.582. The number of nitrogens with one attached hydrogen (secondary N) is 1. The molecule has 188 valence electrons. The van der Waals surface area contributed by atoms with Gasteiger partial charge in [0.2, 0.25) is 5.91 Å². The SMILES string of the molecule is CC(=O)Nc1cc2c(-c3cc(OC4COC4)c4c(n3)C3(CCOC3)OCC4)cn(C3CCC3)c2cn1. The van der Waals surface area contributed by atoms with Gasteiger partial charge in [-0.3, -0.25) is 4.79 Å². The molecule has 1 N–H and O–H groups in total. The minimum atomic E-state index is -0.535. The Morgan fingerprint density at radius 1 is 1.22 bits per heavy atom. The third-order valence-corrected chi connectivity index (χ3v) is 7.90. The molecule has 2 saturated heterocycles. The summed E-state index contributed by atoms with van der Waals surface area (Å²) in [7, 11) is 0. The second-order valence-electron chi connectivity index (χ2n) is 10.3. The monoisotopic (exact) mass is 490 g/mol. The summed E-state index contributed by atoms with van der Waals surface area (Å²) in [5, 5.41) is 3.84. The zero-order valence-corrected chi connectivity index (χ0v) is 20.4. The number of hydrogen-bond acceptors (Lipinski definition) is 7. The third-order valence-electron chi connectivity index (χ3n) is 7.90. The van der Waals surface area contributed by atoms with E-state index in [9.17, 15) is 4.79 Å².